The largest absolute Gasteiger partial charge is 0.338 e. The molecular formula is C22H20F3N5O2. The zero-order valence-corrected chi connectivity index (χ0v) is 16.9. The number of carbonyl (C=O) groups excluding carboxylic acids is 2. The van der Waals surface area contributed by atoms with E-state index in [1.54, 1.807) is 16.8 Å². The van der Waals surface area contributed by atoms with Crippen LogP contribution < -0.4 is 10.6 Å². The fraction of sp³-hybridized carbons (Fsp3) is 0.227. The van der Waals surface area contributed by atoms with Crippen molar-refractivity contribution in [3.05, 3.63) is 77.7 Å². The Balaban J connectivity index is 1.38. The highest BCUT2D eigenvalue weighted by molar-refractivity contribution is 5.99. The van der Waals surface area contributed by atoms with Crippen molar-refractivity contribution in [3.63, 3.8) is 0 Å². The van der Waals surface area contributed by atoms with Crippen molar-refractivity contribution in [2.24, 2.45) is 0 Å². The van der Waals surface area contributed by atoms with Gasteiger partial charge in [-0.15, -0.1) is 0 Å². The van der Waals surface area contributed by atoms with Crippen molar-refractivity contribution >= 4 is 23.4 Å². The van der Waals surface area contributed by atoms with E-state index in [0.29, 0.717) is 24.3 Å². The molecule has 1 saturated heterocycles. The van der Waals surface area contributed by atoms with Crippen LogP contribution in [-0.2, 0) is 0 Å². The fourth-order valence-corrected chi connectivity index (χ4v) is 3.72. The summed E-state index contributed by atoms with van der Waals surface area (Å²) in [6.45, 7) is 0.568. The Kier molecular flexibility index (Phi) is 6.11. The fourth-order valence-electron chi connectivity index (χ4n) is 3.72. The van der Waals surface area contributed by atoms with Crippen LogP contribution in [0.4, 0.5) is 29.5 Å². The molecule has 1 aliphatic heterocycles. The van der Waals surface area contributed by atoms with Crippen LogP contribution in [0, 0.1) is 17.5 Å². The summed E-state index contributed by atoms with van der Waals surface area (Å²) in [6, 6.07) is 9.78. The second-order valence-electron chi connectivity index (χ2n) is 7.37. The molecule has 0 spiro atoms. The van der Waals surface area contributed by atoms with Crippen LogP contribution in [0.15, 0.2) is 54.7 Å². The van der Waals surface area contributed by atoms with Crippen molar-refractivity contribution in [1.82, 2.24) is 14.7 Å². The first-order valence-electron chi connectivity index (χ1n) is 10.0. The normalized spacial score (nSPS) is 14.3. The summed E-state index contributed by atoms with van der Waals surface area (Å²) in [5, 5.41) is 9.49. The molecule has 10 heteroatoms. The van der Waals surface area contributed by atoms with Gasteiger partial charge < -0.3 is 10.2 Å². The minimum atomic E-state index is -0.889. The number of aromatic nitrogens is 2. The molecule has 3 amide bonds. The van der Waals surface area contributed by atoms with Gasteiger partial charge in [-0.2, -0.15) is 5.10 Å². The van der Waals surface area contributed by atoms with Crippen LogP contribution in [0.25, 0.3) is 0 Å². The van der Waals surface area contributed by atoms with Crippen LogP contribution in [0.2, 0.25) is 0 Å². The summed E-state index contributed by atoms with van der Waals surface area (Å²) >= 11 is 0. The molecule has 7 nitrogen and oxygen atoms in total. The molecule has 1 aromatic heterocycles. The molecule has 2 heterocycles. The maximum absolute atomic E-state index is 13.9. The number of halogens is 3. The first-order valence-corrected chi connectivity index (χ1v) is 10.0. The number of anilines is 2. The number of hydrogen-bond acceptors (Lipinski definition) is 3. The standard InChI is InChI=1S/C22H20F3N5O2/c23-14-3-1-4-15(13-14)27-22(32)28-19-7-10-26-30(19)16-8-11-29(12-9-16)21(31)20-17(24)5-2-6-18(20)25/h1-7,10,13,16H,8-9,11-12H2,(H2,27,28,32). The van der Waals surface area contributed by atoms with Gasteiger partial charge >= 0.3 is 6.03 Å². The Bertz CT molecular complexity index is 1120. The van der Waals surface area contributed by atoms with Gasteiger partial charge in [0.2, 0.25) is 0 Å². The van der Waals surface area contributed by atoms with E-state index in [4.69, 9.17) is 0 Å². The van der Waals surface area contributed by atoms with Crippen molar-refractivity contribution < 1.29 is 22.8 Å². The van der Waals surface area contributed by atoms with Gasteiger partial charge in [0.15, 0.2) is 0 Å². The molecule has 0 saturated carbocycles. The summed E-state index contributed by atoms with van der Waals surface area (Å²) in [6.07, 6.45) is 2.51. The second kappa shape index (κ2) is 9.13. The van der Waals surface area contributed by atoms with Gasteiger partial charge in [0.05, 0.1) is 12.2 Å². The van der Waals surface area contributed by atoms with Gasteiger partial charge in [0.25, 0.3) is 5.91 Å². The van der Waals surface area contributed by atoms with Crippen LogP contribution in [0.3, 0.4) is 0 Å². The summed E-state index contributed by atoms with van der Waals surface area (Å²) in [7, 11) is 0. The lowest BCUT2D eigenvalue weighted by atomic mass is 10.0. The van der Waals surface area contributed by atoms with E-state index in [-0.39, 0.29) is 19.1 Å². The smallest absolute Gasteiger partial charge is 0.324 e. The van der Waals surface area contributed by atoms with Gasteiger partial charge in [-0.05, 0) is 43.2 Å². The molecular weight excluding hydrogens is 423 g/mol. The van der Waals surface area contributed by atoms with Crippen LogP contribution >= 0.6 is 0 Å². The van der Waals surface area contributed by atoms with E-state index in [0.717, 1.165) is 12.1 Å². The number of carbonyl (C=O) groups is 2. The Morgan fingerprint density at radius 2 is 1.62 bits per heavy atom. The Morgan fingerprint density at radius 3 is 2.31 bits per heavy atom. The highest BCUT2D eigenvalue weighted by atomic mass is 19.1. The number of benzene rings is 2. The van der Waals surface area contributed by atoms with Crippen LogP contribution in [0.1, 0.15) is 29.2 Å². The van der Waals surface area contributed by atoms with E-state index >= 15 is 0 Å². The van der Waals surface area contributed by atoms with Crippen molar-refractivity contribution in [2.75, 3.05) is 23.7 Å². The zero-order chi connectivity index (χ0) is 22.7. The lowest BCUT2D eigenvalue weighted by molar-refractivity contribution is 0.0681. The summed E-state index contributed by atoms with van der Waals surface area (Å²) < 4.78 is 42.8. The highest BCUT2D eigenvalue weighted by Crippen LogP contribution is 2.27. The number of nitrogens with zero attached hydrogens (tertiary/aromatic N) is 3. The first kappa shape index (κ1) is 21.4. The maximum atomic E-state index is 13.9. The van der Waals surface area contributed by atoms with Crippen LogP contribution in [-0.4, -0.2) is 39.7 Å². The number of rotatable bonds is 4. The van der Waals surface area contributed by atoms with Crippen molar-refractivity contribution in [3.8, 4) is 0 Å². The van der Waals surface area contributed by atoms with Gasteiger partial charge in [-0.3, -0.25) is 10.1 Å². The number of nitrogens with one attached hydrogen (secondary N) is 2. The molecule has 0 atom stereocenters. The molecule has 1 aliphatic rings. The molecule has 166 valence electrons. The average Bonchev–Trinajstić information content (AvgIpc) is 3.21. The monoisotopic (exact) mass is 443 g/mol. The molecule has 0 bridgehead atoms. The molecule has 2 aromatic carbocycles. The zero-order valence-electron chi connectivity index (χ0n) is 16.9. The lowest BCUT2D eigenvalue weighted by Crippen LogP contribution is -2.40. The number of amides is 3. The molecule has 1 fully saturated rings. The van der Waals surface area contributed by atoms with Crippen molar-refractivity contribution in [1.29, 1.82) is 0 Å². The molecule has 2 N–H and O–H groups in total. The predicted molar refractivity (Wildman–Crippen MR) is 112 cm³/mol. The van der Waals surface area contributed by atoms with E-state index in [9.17, 15) is 22.8 Å². The third kappa shape index (κ3) is 4.58. The Labute approximate surface area is 181 Å². The van der Waals surface area contributed by atoms with Gasteiger partial charge in [-0.1, -0.05) is 12.1 Å². The average molecular weight is 443 g/mol. The highest BCUT2D eigenvalue weighted by Gasteiger charge is 2.29. The quantitative estimate of drug-likeness (QED) is 0.627. The van der Waals surface area contributed by atoms with E-state index in [1.165, 1.54) is 35.4 Å². The lowest BCUT2D eigenvalue weighted by Gasteiger charge is -2.33. The summed E-state index contributed by atoms with van der Waals surface area (Å²) in [5.41, 5.74) is -0.248. The van der Waals surface area contributed by atoms with E-state index < -0.39 is 35.0 Å². The minimum absolute atomic E-state index is 0.121. The topological polar surface area (TPSA) is 79.3 Å². The van der Waals surface area contributed by atoms with Crippen LogP contribution in [0.5, 0.6) is 0 Å². The minimum Gasteiger partial charge on any atom is -0.338 e. The third-order valence-electron chi connectivity index (χ3n) is 5.27. The Morgan fingerprint density at radius 1 is 0.938 bits per heavy atom. The third-order valence-corrected chi connectivity index (χ3v) is 5.27. The number of urea groups is 1. The molecule has 0 aliphatic carbocycles. The summed E-state index contributed by atoms with van der Waals surface area (Å²) in [5.74, 6) is -2.50. The molecule has 3 aromatic rings. The maximum Gasteiger partial charge on any atom is 0.324 e. The van der Waals surface area contributed by atoms with E-state index in [2.05, 4.69) is 15.7 Å². The van der Waals surface area contributed by atoms with E-state index in [1.807, 2.05) is 0 Å². The van der Waals surface area contributed by atoms with Crippen molar-refractivity contribution in [2.45, 2.75) is 18.9 Å². The SMILES string of the molecule is O=C(Nc1cccc(F)c1)Nc1ccnn1C1CCN(C(=O)c2c(F)cccc2F)CC1. The van der Waals surface area contributed by atoms with Gasteiger partial charge in [0, 0.05) is 24.8 Å². The van der Waals surface area contributed by atoms with Gasteiger partial charge in [0.1, 0.15) is 28.8 Å². The number of hydrogen-bond donors (Lipinski definition) is 2. The molecule has 0 unspecified atom stereocenters. The number of likely N-dealkylation sites (tertiary alicyclic amines) is 1. The predicted octanol–water partition coefficient (Wildman–Crippen LogP) is 4.42. The first-order chi connectivity index (χ1) is 15.4. The second-order valence-corrected chi connectivity index (χ2v) is 7.37. The molecule has 0 radical (unpaired) electrons. The summed E-state index contributed by atoms with van der Waals surface area (Å²) in [4.78, 5) is 26.3. The Hall–Kier alpha value is -3.82. The number of piperidine rings is 1. The molecule has 32 heavy (non-hydrogen) atoms. The molecule has 4 rings (SSSR count). The van der Waals surface area contributed by atoms with Gasteiger partial charge in [-0.25, -0.2) is 22.6 Å².